The molecule has 4 nitrogen and oxygen atoms in total. The molecule has 4 heteroatoms. The lowest BCUT2D eigenvalue weighted by Gasteiger charge is -2.36. The monoisotopic (exact) mass is 286 g/mol. The summed E-state index contributed by atoms with van der Waals surface area (Å²) in [5, 5.41) is 0. The molecular weight excluding hydrogens is 264 g/mol. The molecule has 112 valence electrons. The number of aliphatic imine (C=N–C) groups is 1. The highest BCUT2D eigenvalue weighted by atomic mass is 16.5. The predicted octanol–water partition coefficient (Wildman–Crippen LogP) is 3.21. The van der Waals surface area contributed by atoms with E-state index in [2.05, 4.69) is 20.8 Å². The summed E-state index contributed by atoms with van der Waals surface area (Å²) in [5.74, 6) is 2.17. The van der Waals surface area contributed by atoms with Gasteiger partial charge in [0.1, 0.15) is 11.6 Å². The number of fused-ring (bicyclic) bond motifs is 1. The topological polar surface area (TPSA) is 41.9 Å². The van der Waals surface area contributed by atoms with Crippen LogP contribution in [0.15, 0.2) is 29.3 Å². The summed E-state index contributed by atoms with van der Waals surface area (Å²) in [6, 6.07) is 7.88. The third-order valence-corrected chi connectivity index (χ3v) is 4.42. The summed E-state index contributed by atoms with van der Waals surface area (Å²) in [6.07, 6.45) is 2.19. The Morgan fingerprint density at radius 1 is 1.33 bits per heavy atom. The Morgan fingerprint density at radius 2 is 2.05 bits per heavy atom. The first-order chi connectivity index (χ1) is 10.1. The van der Waals surface area contributed by atoms with Crippen molar-refractivity contribution in [3.63, 3.8) is 0 Å². The Kier molecular flexibility index (Phi) is 3.47. The molecule has 2 aliphatic heterocycles. The second-order valence-corrected chi connectivity index (χ2v) is 6.00. The van der Waals surface area contributed by atoms with Crippen LogP contribution in [0.1, 0.15) is 45.6 Å². The number of nitrogens with zero attached hydrogens (tertiary/aromatic N) is 2. The molecule has 1 aromatic rings. The molecule has 3 rings (SSSR count). The molecule has 21 heavy (non-hydrogen) atoms. The van der Waals surface area contributed by atoms with Gasteiger partial charge in [0.15, 0.2) is 0 Å². The zero-order valence-electron chi connectivity index (χ0n) is 12.9. The van der Waals surface area contributed by atoms with Crippen LogP contribution in [0.3, 0.4) is 0 Å². The van der Waals surface area contributed by atoms with Crippen molar-refractivity contribution < 1.29 is 9.53 Å². The number of ether oxygens (including phenoxy) is 1. The number of hydrogen-bond acceptors (Lipinski definition) is 3. The minimum atomic E-state index is -0.546. The summed E-state index contributed by atoms with van der Waals surface area (Å²) < 4.78 is 6.14. The Balaban J connectivity index is 2.09. The highest BCUT2D eigenvalue weighted by Gasteiger charge is 2.39. The molecule has 2 heterocycles. The number of likely N-dealkylation sites (tertiary alicyclic amines) is 1. The van der Waals surface area contributed by atoms with Gasteiger partial charge in [-0.3, -0.25) is 9.69 Å². The predicted molar refractivity (Wildman–Crippen MR) is 82.4 cm³/mol. The van der Waals surface area contributed by atoms with Crippen molar-refractivity contribution in [2.45, 2.75) is 45.8 Å². The van der Waals surface area contributed by atoms with Crippen LogP contribution < -0.4 is 4.74 Å². The fourth-order valence-corrected chi connectivity index (χ4v) is 3.07. The molecule has 0 bridgehead atoms. The van der Waals surface area contributed by atoms with Crippen LogP contribution in [0.2, 0.25) is 0 Å². The highest BCUT2D eigenvalue weighted by molar-refractivity contribution is 6.10. The maximum absolute atomic E-state index is 12.3. The van der Waals surface area contributed by atoms with E-state index in [1.165, 1.54) is 0 Å². The van der Waals surface area contributed by atoms with E-state index in [1.807, 2.05) is 29.2 Å². The number of carbonyl (C=O) groups is 1. The molecule has 1 unspecified atom stereocenters. The first kappa shape index (κ1) is 14.1. The maximum atomic E-state index is 12.3. The van der Waals surface area contributed by atoms with Gasteiger partial charge in [-0.15, -0.1) is 0 Å². The van der Waals surface area contributed by atoms with Gasteiger partial charge in [-0.25, -0.2) is 4.99 Å². The smallest absolute Gasteiger partial charge is 0.228 e. The standard InChI is InChI=1S/C17H22N2O2/c1-4-17(5-2)18-16(19-11-12(3)10-15(19)20)13-8-6-7-9-14(13)21-17/h6-9,12H,4-5,10-11H2,1-3H3. The van der Waals surface area contributed by atoms with Gasteiger partial charge >= 0.3 is 0 Å². The van der Waals surface area contributed by atoms with E-state index >= 15 is 0 Å². The van der Waals surface area contributed by atoms with Crippen LogP contribution in [0, 0.1) is 5.92 Å². The summed E-state index contributed by atoms with van der Waals surface area (Å²) in [4.78, 5) is 19.0. The van der Waals surface area contributed by atoms with Gasteiger partial charge in [0.05, 0.1) is 5.56 Å². The SMILES string of the molecule is CCC1(CC)N=C(N2CC(C)CC2=O)c2ccccc2O1. The zero-order valence-corrected chi connectivity index (χ0v) is 12.9. The summed E-state index contributed by atoms with van der Waals surface area (Å²) >= 11 is 0. The fourth-order valence-electron chi connectivity index (χ4n) is 3.07. The van der Waals surface area contributed by atoms with Crippen LogP contribution in [0.4, 0.5) is 0 Å². The quantitative estimate of drug-likeness (QED) is 0.837. The second-order valence-electron chi connectivity index (χ2n) is 6.00. The number of carbonyl (C=O) groups excluding carboxylic acids is 1. The van der Waals surface area contributed by atoms with E-state index in [0.717, 1.165) is 36.5 Å². The van der Waals surface area contributed by atoms with Crippen molar-refractivity contribution in [1.82, 2.24) is 4.90 Å². The van der Waals surface area contributed by atoms with Gasteiger partial charge in [-0.1, -0.05) is 32.9 Å². The number of rotatable bonds is 2. The van der Waals surface area contributed by atoms with Gasteiger partial charge in [0.2, 0.25) is 11.6 Å². The molecule has 0 radical (unpaired) electrons. The van der Waals surface area contributed by atoms with E-state index < -0.39 is 5.72 Å². The molecule has 1 saturated heterocycles. The maximum Gasteiger partial charge on any atom is 0.228 e. The molecule has 1 atom stereocenters. The molecule has 0 spiro atoms. The Morgan fingerprint density at radius 3 is 2.67 bits per heavy atom. The van der Waals surface area contributed by atoms with Gasteiger partial charge in [0.25, 0.3) is 0 Å². The lowest BCUT2D eigenvalue weighted by molar-refractivity contribution is -0.124. The van der Waals surface area contributed by atoms with Gasteiger partial charge in [0, 0.05) is 25.8 Å². The second kappa shape index (κ2) is 5.17. The van der Waals surface area contributed by atoms with Crippen LogP contribution in [-0.4, -0.2) is 28.9 Å². The van der Waals surface area contributed by atoms with Gasteiger partial charge in [-0.05, 0) is 18.1 Å². The van der Waals surface area contributed by atoms with Crippen molar-refractivity contribution in [3.05, 3.63) is 29.8 Å². The number of amides is 1. The number of hydrogen-bond donors (Lipinski definition) is 0. The average Bonchev–Trinajstić information content (AvgIpc) is 2.84. The molecule has 2 aliphatic rings. The first-order valence-electron chi connectivity index (χ1n) is 7.77. The zero-order chi connectivity index (χ0) is 15.0. The highest BCUT2D eigenvalue weighted by Crippen LogP contribution is 2.36. The van der Waals surface area contributed by atoms with Crippen molar-refractivity contribution in [2.24, 2.45) is 10.9 Å². The summed E-state index contributed by atoms with van der Waals surface area (Å²) in [6.45, 7) is 7.01. The Hall–Kier alpha value is -1.84. The van der Waals surface area contributed by atoms with E-state index in [-0.39, 0.29) is 5.91 Å². The lowest BCUT2D eigenvalue weighted by atomic mass is 10.0. The van der Waals surface area contributed by atoms with Gasteiger partial charge < -0.3 is 4.74 Å². The van der Waals surface area contributed by atoms with Crippen LogP contribution >= 0.6 is 0 Å². The molecule has 0 aliphatic carbocycles. The molecule has 0 aromatic heterocycles. The summed E-state index contributed by atoms with van der Waals surface area (Å²) in [7, 11) is 0. The Labute approximate surface area is 125 Å². The third kappa shape index (κ3) is 2.33. The molecule has 0 saturated carbocycles. The normalized spacial score (nSPS) is 23.6. The molecular formula is C17H22N2O2. The number of benzene rings is 1. The molecule has 0 N–H and O–H groups in total. The molecule has 1 aromatic carbocycles. The number of para-hydroxylation sites is 1. The van der Waals surface area contributed by atoms with E-state index in [9.17, 15) is 4.79 Å². The van der Waals surface area contributed by atoms with Crippen molar-refractivity contribution in [2.75, 3.05) is 6.54 Å². The van der Waals surface area contributed by atoms with Crippen molar-refractivity contribution >= 4 is 11.7 Å². The third-order valence-electron chi connectivity index (χ3n) is 4.42. The number of amidine groups is 1. The van der Waals surface area contributed by atoms with Gasteiger partial charge in [-0.2, -0.15) is 0 Å². The summed E-state index contributed by atoms with van der Waals surface area (Å²) in [5.41, 5.74) is 0.382. The minimum Gasteiger partial charge on any atom is -0.465 e. The van der Waals surface area contributed by atoms with Crippen molar-refractivity contribution in [3.8, 4) is 5.75 Å². The minimum absolute atomic E-state index is 0.166. The fraction of sp³-hybridized carbons (Fsp3) is 0.529. The average molecular weight is 286 g/mol. The Bertz CT molecular complexity index is 590. The van der Waals surface area contributed by atoms with E-state index in [0.29, 0.717) is 12.3 Å². The van der Waals surface area contributed by atoms with Crippen LogP contribution in [0.5, 0.6) is 5.75 Å². The molecule has 1 fully saturated rings. The van der Waals surface area contributed by atoms with Crippen LogP contribution in [0.25, 0.3) is 0 Å². The van der Waals surface area contributed by atoms with Crippen molar-refractivity contribution in [1.29, 1.82) is 0 Å². The molecule has 1 amide bonds. The van der Waals surface area contributed by atoms with E-state index in [1.54, 1.807) is 0 Å². The van der Waals surface area contributed by atoms with Crippen LogP contribution in [-0.2, 0) is 4.79 Å². The van der Waals surface area contributed by atoms with E-state index in [4.69, 9.17) is 9.73 Å². The lowest BCUT2D eigenvalue weighted by Crippen LogP contribution is -2.43. The first-order valence-corrected chi connectivity index (χ1v) is 7.77. The largest absolute Gasteiger partial charge is 0.465 e.